The number of ether oxygens (including phenoxy) is 2. The quantitative estimate of drug-likeness (QED) is 0.516. The molecule has 29 heavy (non-hydrogen) atoms. The van der Waals surface area contributed by atoms with Gasteiger partial charge in [0.05, 0.1) is 6.61 Å². The number of rotatable bonds is 9. The van der Waals surface area contributed by atoms with Crippen LogP contribution in [0, 0.1) is 0 Å². The zero-order chi connectivity index (χ0) is 20.7. The van der Waals surface area contributed by atoms with Gasteiger partial charge < -0.3 is 14.6 Å². The average molecular weight is 390 g/mol. The van der Waals surface area contributed by atoms with E-state index < -0.39 is 11.6 Å². The van der Waals surface area contributed by atoms with Crippen molar-refractivity contribution in [2.24, 2.45) is 0 Å². The molecule has 0 aromatic heterocycles. The fourth-order valence-corrected chi connectivity index (χ4v) is 2.91. The van der Waals surface area contributed by atoms with Crippen LogP contribution >= 0.6 is 0 Å². The van der Waals surface area contributed by atoms with Crippen LogP contribution in [0.5, 0.6) is 11.5 Å². The third-order valence-corrected chi connectivity index (χ3v) is 5.01. The summed E-state index contributed by atoms with van der Waals surface area (Å²) < 4.78 is 11.4. The molecule has 0 fully saturated rings. The monoisotopic (exact) mass is 390 g/mol. The van der Waals surface area contributed by atoms with E-state index in [1.54, 1.807) is 38.1 Å². The molecule has 0 saturated heterocycles. The molecule has 150 valence electrons. The van der Waals surface area contributed by atoms with Crippen LogP contribution in [-0.2, 0) is 11.2 Å². The maximum absolute atomic E-state index is 11.4. The first-order chi connectivity index (χ1) is 14.0. The summed E-state index contributed by atoms with van der Waals surface area (Å²) in [6.07, 6.45) is 1.18. The van der Waals surface area contributed by atoms with Gasteiger partial charge >= 0.3 is 5.97 Å². The van der Waals surface area contributed by atoms with Crippen molar-refractivity contribution in [3.05, 3.63) is 84.4 Å². The highest BCUT2D eigenvalue weighted by molar-refractivity contribution is 5.77. The lowest BCUT2D eigenvalue weighted by Gasteiger charge is -2.24. The summed E-state index contributed by atoms with van der Waals surface area (Å²) >= 11 is 0. The van der Waals surface area contributed by atoms with Crippen LogP contribution in [0.1, 0.15) is 25.8 Å². The molecule has 1 N–H and O–H groups in total. The van der Waals surface area contributed by atoms with Gasteiger partial charge in [-0.15, -0.1) is 0 Å². The summed E-state index contributed by atoms with van der Waals surface area (Å²) in [6, 6.07) is 25.9. The smallest absolute Gasteiger partial charge is 0.347 e. The summed E-state index contributed by atoms with van der Waals surface area (Å²) in [4.78, 5) is 11.4. The molecule has 3 rings (SSSR count). The number of aliphatic carboxylic acids is 1. The van der Waals surface area contributed by atoms with Crippen molar-refractivity contribution in [3.8, 4) is 22.6 Å². The van der Waals surface area contributed by atoms with Crippen LogP contribution in [0.3, 0.4) is 0 Å². The maximum Gasteiger partial charge on any atom is 0.347 e. The van der Waals surface area contributed by atoms with Crippen LogP contribution in [0.2, 0.25) is 0 Å². The fourth-order valence-electron chi connectivity index (χ4n) is 2.91. The molecule has 4 nitrogen and oxygen atoms in total. The Bertz CT molecular complexity index is 917. The molecule has 0 bridgehead atoms. The van der Waals surface area contributed by atoms with Gasteiger partial charge in [0, 0.05) is 6.42 Å². The van der Waals surface area contributed by atoms with Crippen molar-refractivity contribution < 1.29 is 19.4 Å². The number of carboxylic acid groups (broad SMARTS) is 1. The summed E-state index contributed by atoms with van der Waals surface area (Å²) in [6.45, 7) is 3.92. The lowest BCUT2D eigenvalue weighted by Crippen LogP contribution is -2.40. The van der Waals surface area contributed by atoms with Crippen molar-refractivity contribution in [1.82, 2.24) is 0 Å². The number of hydrogen-bond donors (Lipinski definition) is 1. The molecule has 3 aromatic carbocycles. The number of carboxylic acids is 1. The predicted molar refractivity (Wildman–Crippen MR) is 114 cm³/mol. The zero-order valence-corrected chi connectivity index (χ0v) is 16.8. The lowest BCUT2D eigenvalue weighted by molar-refractivity contribution is -0.154. The SMILES string of the molecule is CC[C@@](C)(Oc1ccc(OCCc2ccc(-c3ccccc3)cc2)cc1)C(=O)O. The summed E-state index contributed by atoms with van der Waals surface area (Å²) in [5.41, 5.74) is 2.39. The van der Waals surface area contributed by atoms with Gasteiger partial charge in [-0.2, -0.15) is 0 Å². The minimum absolute atomic E-state index is 0.379. The second kappa shape index (κ2) is 9.28. The van der Waals surface area contributed by atoms with Gasteiger partial charge in [-0.1, -0.05) is 61.5 Å². The van der Waals surface area contributed by atoms with Crippen LogP contribution in [0.25, 0.3) is 11.1 Å². The molecule has 0 unspecified atom stereocenters. The minimum Gasteiger partial charge on any atom is -0.493 e. The molecule has 0 spiro atoms. The third-order valence-electron chi connectivity index (χ3n) is 5.01. The Morgan fingerprint density at radius 1 is 0.862 bits per heavy atom. The van der Waals surface area contributed by atoms with E-state index in [1.807, 2.05) is 18.2 Å². The van der Waals surface area contributed by atoms with Crippen molar-refractivity contribution >= 4 is 5.97 Å². The van der Waals surface area contributed by atoms with Crippen LogP contribution in [-0.4, -0.2) is 23.3 Å². The minimum atomic E-state index is -1.23. The van der Waals surface area contributed by atoms with E-state index in [9.17, 15) is 9.90 Å². The second-order valence-electron chi connectivity index (χ2n) is 7.12. The second-order valence-corrected chi connectivity index (χ2v) is 7.12. The van der Waals surface area contributed by atoms with Gasteiger partial charge in [0.15, 0.2) is 0 Å². The molecule has 0 heterocycles. The standard InChI is InChI=1S/C25H26O4/c1-3-25(2,24(26)27)29-23-15-13-22(14-16-23)28-18-17-19-9-11-21(12-10-19)20-7-5-4-6-8-20/h4-16H,3,17-18H2,1-2H3,(H,26,27)/t25-/m1/s1. The first-order valence-corrected chi connectivity index (χ1v) is 9.80. The predicted octanol–water partition coefficient (Wildman–Crippen LogP) is 5.61. The Morgan fingerprint density at radius 3 is 2.03 bits per heavy atom. The first kappa shape index (κ1) is 20.5. The van der Waals surface area contributed by atoms with Crippen molar-refractivity contribution in [1.29, 1.82) is 0 Å². The maximum atomic E-state index is 11.4. The zero-order valence-electron chi connectivity index (χ0n) is 16.8. The number of carbonyl (C=O) groups is 1. The third kappa shape index (κ3) is 5.38. The Balaban J connectivity index is 1.51. The molecule has 0 radical (unpaired) electrons. The highest BCUT2D eigenvalue weighted by Gasteiger charge is 2.33. The summed E-state index contributed by atoms with van der Waals surface area (Å²) in [5, 5.41) is 9.30. The van der Waals surface area contributed by atoms with Gasteiger partial charge in [-0.3, -0.25) is 0 Å². The number of hydrogen-bond acceptors (Lipinski definition) is 3. The van der Waals surface area contributed by atoms with Gasteiger partial charge in [-0.25, -0.2) is 4.79 Å². The van der Waals surface area contributed by atoms with Crippen LogP contribution < -0.4 is 9.47 Å². The van der Waals surface area contributed by atoms with E-state index in [2.05, 4.69) is 36.4 Å². The Kier molecular flexibility index (Phi) is 6.55. The molecule has 0 saturated carbocycles. The lowest BCUT2D eigenvalue weighted by atomic mass is 10.0. The van der Waals surface area contributed by atoms with Gasteiger partial charge in [0.2, 0.25) is 5.60 Å². The topological polar surface area (TPSA) is 55.8 Å². The molecule has 0 amide bonds. The molecular weight excluding hydrogens is 364 g/mol. The average Bonchev–Trinajstić information content (AvgIpc) is 2.76. The Morgan fingerprint density at radius 2 is 1.45 bits per heavy atom. The van der Waals surface area contributed by atoms with E-state index in [4.69, 9.17) is 9.47 Å². The molecular formula is C25H26O4. The molecule has 0 aliphatic rings. The molecule has 1 atom stereocenters. The molecule has 4 heteroatoms. The van der Waals surface area contributed by atoms with Gasteiger partial charge in [0.1, 0.15) is 11.5 Å². The largest absolute Gasteiger partial charge is 0.493 e. The molecule has 3 aromatic rings. The van der Waals surface area contributed by atoms with E-state index in [1.165, 1.54) is 16.7 Å². The van der Waals surface area contributed by atoms with Crippen molar-refractivity contribution in [3.63, 3.8) is 0 Å². The number of benzene rings is 3. The Labute approximate surface area is 171 Å². The summed E-state index contributed by atoms with van der Waals surface area (Å²) in [7, 11) is 0. The van der Waals surface area contributed by atoms with Gasteiger partial charge in [-0.05, 0) is 54.3 Å². The van der Waals surface area contributed by atoms with Gasteiger partial charge in [0.25, 0.3) is 0 Å². The Hall–Kier alpha value is -3.27. The van der Waals surface area contributed by atoms with E-state index in [0.29, 0.717) is 18.8 Å². The van der Waals surface area contributed by atoms with E-state index >= 15 is 0 Å². The normalized spacial score (nSPS) is 12.8. The highest BCUT2D eigenvalue weighted by atomic mass is 16.5. The van der Waals surface area contributed by atoms with Crippen LogP contribution in [0.4, 0.5) is 0 Å². The van der Waals surface area contributed by atoms with Crippen LogP contribution in [0.15, 0.2) is 78.9 Å². The van der Waals surface area contributed by atoms with E-state index in [0.717, 1.165) is 12.2 Å². The van der Waals surface area contributed by atoms with E-state index in [-0.39, 0.29) is 0 Å². The molecule has 0 aliphatic carbocycles. The highest BCUT2D eigenvalue weighted by Crippen LogP contribution is 2.24. The summed E-state index contributed by atoms with van der Waals surface area (Å²) in [5.74, 6) is 0.269. The van der Waals surface area contributed by atoms with Crippen molar-refractivity contribution in [2.45, 2.75) is 32.3 Å². The molecule has 0 aliphatic heterocycles. The first-order valence-electron chi connectivity index (χ1n) is 9.80. The van der Waals surface area contributed by atoms with Crippen molar-refractivity contribution in [2.75, 3.05) is 6.61 Å². The fraction of sp³-hybridized carbons (Fsp3) is 0.240.